The number of hydrogen-bond donors (Lipinski definition) is 1. The summed E-state index contributed by atoms with van der Waals surface area (Å²) < 4.78 is 0. The van der Waals surface area contributed by atoms with Gasteiger partial charge in [0.05, 0.1) is 11.6 Å². The van der Waals surface area contributed by atoms with Gasteiger partial charge in [-0.25, -0.2) is 0 Å². The van der Waals surface area contributed by atoms with E-state index in [9.17, 15) is 5.11 Å². The Kier molecular flexibility index (Phi) is 3.63. The maximum absolute atomic E-state index is 11.1. The summed E-state index contributed by atoms with van der Waals surface area (Å²) in [5, 5.41) is 12.1. The molecule has 116 valence electrons. The number of nitrogens with zero attached hydrogens (tertiary/aromatic N) is 2. The number of pyridine rings is 1. The summed E-state index contributed by atoms with van der Waals surface area (Å²) in [5.74, 6) is 1.62. The van der Waals surface area contributed by atoms with Gasteiger partial charge < -0.3 is 5.11 Å². The number of hydrogen-bond acceptors (Lipinski definition) is 3. The van der Waals surface area contributed by atoms with Crippen LogP contribution in [0.2, 0.25) is 0 Å². The van der Waals surface area contributed by atoms with E-state index in [1.54, 1.807) is 0 Å². The van der Waals surface area contributed by atoms with Gasteiger partial charge in [-0.1, -0.05) is 31.5 Å². The molecule has 1 N–H and O–H groups in total. The molecule has 0 spiro atoms. The van der Waals surface area contributed by atoms with E-state index >= 15 is 0 Å². The molecule has 0 aliphatic carbocycles. The third kappa shape index (κ3) is 2.24. The highest BCUT2D eigenvalue weighted by molar-refractivity contribution is 5.82. The van der Waals surface area contributed by atoms with Crippen molar-refractivity contribution in [3.05, 3.63) is 42.1 Å². The summed E-state index contributed by atoms with van der Waals surface area (Å²) in [4.78, 5) is 6.94. The summed E-state index contributed by atoms with van der Waals surface area (Å²) in [6.07, 6.45) is 5.12. The number of piperidine rings is 3. The first-order valence-electron chi connectivity index (χ1n) is 8.53. The molecular weight excluding hydrogens is 272 g/mol. The quantitative estimate of drug-likeness (QED) is 0.943. The molecule has 3 saturated heterocycles. The standard InChI is InChI=1S/C19H24N2O/c1-2-13-12-21-10-8-14(13)11-18(21)19(22)16-7-9-20-17-6-4-3-5-15(16)17/h3-7,9,13-14,18-19,22H,2,8,10-12H2,1H3/t13-,14-,18?,19-/m0/s1. The van der Waals surface area contributed by atoms with E-state index in [-0.39, 0.29) is 6.04 Å². The van der Waals surface area contributed by atoms with E-state index < -0.39 is 6.10 Å². The minimum absolute atomic E-state index is 0.271. The summed E-state index contributed by atoms with van der Waals surface area (Å²) in [5.41, 5.74) is 2.01. The van der Waals surface area contributed by atoms with Gasteiger partial charge in [0, 0.05) is 24.2 Å². The van der Waals surface area contributed by atoms with Crippen LogP contribution < -0.4 is 0 Å². The predicted octanol–water partition coefficient (Wildman–Crippen LogP) is 3.39. The van der Waals surface area contributed by atoms with Crippen molar-refractivity contribution in [2.45, 2.75) is 38.3 Å². The van der Waals surface area contributed by atoms with E-state index in [1.807, 2.05) is 30.5 Å². The van der Waals surface area contributed by atoms with Crippen LogP contribution in [0.25, 0.3) is 10.9 Å². The Balaban J connectivity index is 1.66. The maximum Gasteiger partial charge on any atom is 0.0952 e. The molecule has 2 aromatic rings. The lowest BCUT2D eigenvalue weighted by Crippen LogP contribution is -2.55. The van der Waals surface area contributed by atoms with Crippen molar-refractivity contribution in [3.8, 4) is 0 Å². The first-order valence-corrected chi connectivity index (χ1v) is 8.53. The van der Waals surface area contributed by atoms with Gasteiger partial charge in [-0.15, -0.1) is 0 Å². The lowest BCUT2D eigenvalue weighted by Gasteiger charge is -2.51. The monoisotopic (exact) mass is 296 g/mol. The molecule has 0 amide bonds. The van der Waals surface area contributed by atoms with Crippen molar-refractivity contribution in [3.63, 3.8) is 0 Å². The lowest BCUT2D eigenvalue weighted by atomic mass is 9.72. The molecule has 3 aliphatic rings. The molecule has 5 rings (SSSR count). The number of aliphatic hydroxyl groups excluding tert-OH is 1. The zero-order valence-electron chi connectivity index (χ0n) is 13.2. The lowest BCUT2D eigenvalue weighted by molar-refractivity contribution is -0.0562. The van der Waals surface area contributed by atoms with Crippen LogP contribution >= 0.6 is 0 Å². The molecule has 1 aromatic heterocycles. The van der Waals surface area contributed by atoms with Gasteiger partial charge in [0.2, 0.25) is 0 Å². The first kappa shape index (κ1) is 14.2. The van der Waals surface area contributed by atoms with Crippen molar-refractivity contribution in [1.82, 2.24) is 9.88 Å². The van der Waals surface area contributed by atoms with Crippen LogP contribution in [0, 0.1) is 11.8 Å². The fraction of sp³-hybridized carbons (Fsp3) is 0.526. The Morgan fingerprint density at radius 2 is 2.18 bits per heavy atom. The second-order valence-electron chi connectivity index (χ2n) is 6.88. The van der Waals surface area contributed by atoms with Crippen molar-refractivity contribution < 1.29 is 5.11 Å². The Labute approximate surface area is 132 Å². The molecule has 3 heteroatoms. The molecule has 3 fully saturated rings. The minimum Gasteiger partial charge on any atom is -0.387 e. The fourth-order valence-corrected chi connectivity index (χ4v) is 4.55. The summed E-state index contributed by atoms with van der Waals surface area (Å²) in [7, 11) is 0. The van der Waals surface area contributed by atoms with Crippen LogP contribution in [0.1, 0.15) is 37.9 Å². The van der Waals surface area contributed by atoms with Crippen LogP contribution in [0.3, 0.4) is 0 Å². The highest BCUT2D eigenvalue weighted by Gasteiger charge is 2.42. The summed E-state index contributed by atoms with van der Waals surface area (Å²) in [6, 6.07) is 10.4. The number of aromatic nitrogens is 1. The second kappa shape index (κ2) is 5.64. The van der Waals surface area contributed by atoms with E-state index in [2.05, 4.69) is 22.9 Å². The van der Waals surface area contributed by atoms with E-state index in [0.29, 0.717) is 0 Å². The van der Waals surface area contributed by atoms with Crippen LogP contribution in [-0.2, 0) is 0 Å². The second-order valence-corrected chi connectivity index (χ2v) is 6.88. The minimum atomic E-state index is -0.409. The third-order valence-electron chi connectivity index (χ3n) is 5.83. The van der Waals surface area contributed by atoms with Crippen molar-refractivity contribution in [2.75, 3.05) is 13.1 Å². The highest BCUT2D eigenvalue weighted by atomic mass is 16.3. The molecule has 0 saturated carbocycles. The van der Waals surface area contributed by atoms with Crippen LogP contribution in [0.15, 0.2) is 36.5 Å². The number of fused-ring (bicyclic) bond motifs is 4. The fourth-order valence-electron chi connectivity index (χ4n) is 4.55. The van der Waals surface area contributed by atoms with Crippen molar-refractivity contribution >= 4 is 10.9 Å². The maximum atomic E-state index is 11.1. The molecule has 2 bridgehead atoms. The average molecular weight is 296 g/mol. The Morgan fingerprint density at radius 1 is 1.32 bits per heavy atom. The molecule has 2 unspecified atom stereocenters. The SMILES string of the molecule is CC[C@H]1CN2CC[C@H]1CC2[C@@H](O)c1ccnc2ccccc12. The van der Waals surface area contributed by atoms with Crippen molar-refractivity contribution in [1.29, 1.82) is 0 Å². The van der Waals surface area contributed by atoms with Gasteiger partial charge in [0.1, 0.15) is 0 Å². The van der Waals surface area contributed by atoms with E-state index in [1.165, 1.54) is 12.8 Å². The van der Waals surface area contributed by atoms with Gasteiger partial charge in [-0.2, -0.15) is 0 Å². The van der Waals surface area contributed by atoms with Gasteiger partial charge >= 0.3 is 0 Å². The molecular formula is C19H24N2O. The topological polar surface area (TPSA) is 36.4 Å². The van der Waals surface area contributed by atoms with E-state index in [4.69, 9.17) is 0 Å². The Morgan fingerprint density at radius 3 is 2.95 bits per heavy atom. The Hall–Kier alpha value is -1.45. The Bertz CT molecular complexity index is 666. The van der Waals surface area contributed by atoms with Crippen LogP contribution in [-0.4, -0.2) is 34.1 Å². The number of aliphatic hydroxyl groups is 1. The first-order chi connectivity index (χ1) is 10.8. The third-order valence-corrected chi connectivity index (χ3v) is 5.83. The van der Waals surface area contributed by atoms with E-state index in [0.717, 1.165) is 47.8 Å². The average Bonchev–Trinajstić information content (AvgIpc) is 2.60. The molecule has 3 nitrogen and oxygen atoms in total. The number of benzene rings is 1. The molecule has 22 heavy (non-hydrogen) atoms. The normalized spacial score (nSPS) is 32.3. The van der Waals surface area contributed by atoms with Crippen molar-refractivity contribution in [2.24, 2.45) is 11.8 Å². The largest absolute Gasteiger partial charge is 0.387 e. The van der Waals surface area contributed by atoms with Gasteiger partial charge in [0.25, 0.3) is 0 Å². The summed E-state index contributed by atoms with van der Waals surface area (Å²) >= 11 is 0. The highest BCUT2D eigenvalue weighted by Crippen LogP contribution is 2.42. The smallest absolute Gasteiger partial charge is 0.0952 e. The molecule has 5 atom stereocenters. The molecule has 4 heterocycles. The molecule has 3 aliphatic heterocycles. The zero-order valence-corrected chi connectivity index (χ0v) is 13.2. The number of rotatable bonds is 3. The molecule has 1 aromatic carbocycles. The molecule has 0 radical (unpaired) electrons. The number of para-hydroxylation sites is 1. The van der Waals surface area contributed by atoms with Gasteiger partial charge in [0.15, 0.2) is 0 Å². The van der Waals surface area contributed by atoms with Crippen LogP contribution in [0.5, 0.6) is 0 Å². The summed E-state index contributed by atoms with van der Waals surface area (Å²) in [6.45, 7) is 4.60. The van der Waals surface area contributed by atoms with Gasteiger partial charge in [-0.3, -0.25) is 9.88 Å². The predicted molar refractivity (Wildman–Crippen MR) is 88.6 cm³/mol. The van der Waals surface area contributed by atoms with Gasteiger partial charge in [-0.05, 0) is 48.9 Å². The van der Waals surface area contributed by atoms with Crippen LogP contribution in [0.4, 0.5) is 0 Å². The zero-order chi connectivity index (χ0) is 15.1.